The van der Waals surface area contributed by atoms with Crippen molar-refractivity contribution < 1.29 is 36.9 Å². The van der Waals surface area contributed by atoms with Crippen LogP contribution in [0.15, 0.2) is 65.5 Å². The Morgan fingerprint density at radius 3 is 2.74 bits per heavy atom. The van der Waals surface area contributed by atoms with Crippen LogP contribution in [-0.4, -0.2) is 37.7 Å². The van der Waals surface area contributed by atoms with Crippen molar-refractivity contribution in [3.05, 3.63) is 95.2 Å². The zero-order valence-electron chi connectivity index (χ0n) is 18.1. The predicted molar refractivity (Wildman–Crippen MR) is 119 cm³/mol. The molecule has 0 bridgehead atoms. The van der Waals surface area contributed by atoms with E-state index in [2.05, 4.69) is 14.7 Å². The van der Waals surface area contributed by atoms with Crippen molar-refractivity contribution in [3.63, 3.8) is 0 Å². The standard InChI is InChI=1S/C22H21F2N4O6P/c23-18-6-2-1-4-15(18)12-32-22-19(24)9-14(11-26-22)8-16-10-20(34-27-16)17-5-3-7-28(21(17)25)13-33-35(29,30)31/h1-7,9-11,21H,8,12-13,25H2,(H2,29,30,31). The van der Waals surface area contributed by atoms with Crippen LogP contribution in [0.1, 0.15) is 22.6 Å². The zero-order valence-corrected chi connectivity index (χ0v) is 19.0. The number of ether oxygens (including phenoxy) is 1. The molecule has 0 saturated heterocycles. The summed E-state index contributed by atoms with van der Waals surface area (Å²) in [5, 5.41) is 3.98. The van der Waals surface area contributed by atoms with Crippen LogP contribution in [0.5, 0.6) is 5.88 Å². The van der Waals surface area contributed by atoms with Crippen molar-refractivity contribution >= 4 is 13.4 Å². The maximum Gasteiger partial charge on any atom is 0.471 e. The van der Waals surface area contributed by atoms with E-state index in [-0.39, 0.29) is 24.5 Å². The van der Waals surface area contributed by atoms with Gasteiger partial charge in [-0.25, -0.2) is 18.3 Å². The number of hydrogen-bond acceptors (Lipinski definition) is 8. The number of phosphoric acid groups is 1. The fraction of sp³-hybridized carbons (Fsp3) is 0.182. The summed E-state index contributed by atoms with van der Waals surface area (Å²) in [6, 6.07) is 8.89. The molecule has 1 aliphatic heterocycles. The Morgan fingerprint density at radius 2 is 2.00 bits per heavy atom. The summed E-state index contributed by atoms with van der Waals surface area (Å²) in [7, 11) is -4.66. The lowest BCUT2D eigenvalue weighted by Crippen LogP contribution is -2.41. The summed E-state index contributed by atoms with van der Waals surface area (Å²) >= 11 is 0. The first-order chi connectivity index (χ1) is 16.7. The van der Waals surface area contributed by atoms with Gasteiger partial charge in [-0.3, -0.25) is 4.52 Å². The number of nitrogens with zero attached hydrogens (tertiary/aromatic N) is 3. The summed E-state index contributed by atoms with van der Waals surface area (Å²) in [4.78, 5) is 23.1. The van der Waals surface area contributed by atoms with Crippen LogP contribution in [-0.2, 0) is 22.1 Å². The van der Waals surface area contributed by atoms with Gasteiger partial charge in [0.1, 0.15) is 25.3 Å². The lowest BCUT2D eigenvalue weighted by molar-refractivity contribution is 0.110. The second kappa shape index (κ2) is 10.5. The summed E-state index contributed by atoms with van der Waals surface area (Å²) in [5.41, 5.74) is 7.91. The van der Waals surface area contributed by atoms with E-state index in [1.54, 1.807) is 30.4 Å². The topological polar surface area (TPSA) is 144 Å². The van der Waals surface area contributed by atoms with Crippen molar-refractivity contribution in [2.75, 3.05) is 6.73 Å². The predicted octanol–water partition coefficient (Wildman–Crippen LogP) is 3.08. The molecular weight excluding hydrogens is 485 g/mol. The van der Waals surface area contributed by atoms with Gasteiger partial charge in [0.25, 0.3) is 5.88 Å². The monoisotopic (exact) mass is 506 g/mol. The highest BCUT2D eigenvalue weighted by Gasteiger charge is 2.25. The molecule has 10 nitrogen and oxygen atoms in total. The van der Waals surface area contributed by atoms with Gasteiger partial charge in [-0.15, -0.1) is 0 Å². The van der Waals surface area contributed by atoms with Gasteiger partial charge >= 0.3 is 7.82 Å². The van der Waals surface area contributed by atoms with Crippen LogP contribution in [0, 0.1) is 11.6 Å². The fourth-order valence-electron chi connectivity index (χ4n) is 3.29. The summed E-state index contributed by atoms with van der Waals surface area (Å²) < 4.78 is 54.3. The zero-order chi connectivity index (χ0) is 25.0. The minimum atomic E-state index is -4.66. The van der Waals surface area contributed by atoms with Gasteiger partial charge in [0.15, 0.2) is 11.6 Å². The van der Waals surface area contributed by atoms with Crippen molar-refractivity contribution in [3.8, 4) is 5.88 Å². The van der Waals surface area contributed by atoms with E-state index < -0.39 is 32.4 Å². The third-order valence-corrected chi connectivity index (χ3v) is 5.47. The van der Waals surface area contributed by atoms with E-state index in [0.717, 1.165) is 0 Å². The van der Waals surface area contributed by atoms with Crippen molar-refractivity contribution in [2.45, 2.75) is 19.2 Å². The number of nitrogens with two attached hydrogens (primary N) is 1. The molecule has 4 N–H and O–H groups in total. The van der Waals surface area contributed by atoms with Crippen LogP contribution in [0.2, 0.25) is 0 Å². The molecular formula is C22H21F2N4O6P. The maximum absolute atomic E-state index is 14.5. The van der Waals surface area contributed by atoms with Crippen LogP contribution in [0.25, 0.3) is 5.57 Å². The van der Waals surface area contributed by atoms with Gasteiger partial charge in [0, 0.05) is 36.0 Å². The third-order valence-electron chi connectivity index (χ3n) is 5.02. The molecule has 35 heavy (non-hydrogen) atoms. The van der Waals surface area contributed by atoms with E-state index in [1.807, 2.05) is 0 Å². The molecule has 0 saturated carbocycles. The Kier molecular flexibility index (Phi) is 7.39. The second-order valence-corrected chi connectivity index (χ2v) is 8.78. The summed E-state index contributed by atoms with van der Waals surface area (Å²) in [6.45, 7) is -0.598. The van der Waals surface area contributed by atoms with E-state index in [4.69, 9.17) is 24.8 Å². The van der Waals surface area contributed by atoms with E-state index in [0.29, 0.717) is 22.6 Å². The van der Waals surface area contributed by atoms with Crippen LogP contribution in [0.3, 0.4) is 0 Å². The number of hydrogen-bond donors (Lipinski definition) is 3. The van der Waals surface area contributed by atoms with E-state index in [1.165, 1.54) is 35.5 Å². The minimum Gasteiger partial charge on any atom is -0.471 e. The average Bonchev–Trinajstić information content (AvgIpc) is 3.26. The number of aromatic nitrogens is 2. The second-order valence-electron chi connectivity index (χ2n) is 7.54. The molecule has 0 amide bonds. The molecule has 0 fully saturated rings. The average molecular weight is 506 g/mol. The Labute approximate surface area is 198 Å². The largest absolute Gasteiger partial charge is 0.471 e. The smallest absolute Gasteiger partial charge is 0.471 e. The molecule has 1 unspecified atom stereocenters. The van der Waals surface area contributed by atoms with Crippen LogP contribution < -0.4 is 10.5 Å². The molecule has 0 spiro atoms. The Morgan fingerprint density at radius 1 is 1.20 bits per heavy atom. The molecule has 1 aromatic carbocycles. The first kappa shape index (κ1) is 24.7. The Hall–Kier alpha value is -3.41. The quantitative estimate of drug-likeness (QED) is 0.370. The first-order valence-electron chi connectivity index (χ1n) is 10.3. The molecule has 1 aliphatic rings. The van der Waals surface area contributed by atoms with Crippen molar-refractivity contribution in [2.24, 2.45) is 5.73 Å². The highest BCUT2D eigenvalue weighted by Crippen LogP contribution is 2.36. The SMILES string of the molecule is NC1C(c2cc(Cc3cnc(OCc4ccccc4F)c(F)c3)no2)=CC=CN1COP(=O)(O)O. The molecule has 3 heterocycles. The number of halogens is 2. The molecule has 0 aliphatic carbocycles. The molecule has 1 atom stereocenters. The van der Waals surface area contributed by atoms with E-state index in [9.17, 15) is 13.3 Å². The van der Waals surface area contributed by atoms with Gasteiger partial charge in [-0.2, -0.15) is 0 Å². The Balaban J connectivity index is 1.39. The lowest BCUT2D eigenvalue weighted by Gasteiger charge is -2.30. The van der Waals surface area contributed by atoms with Gasteiger partial charge in [0.05, 0.1) is 5.69 Å². The van der Waals surface area contributed by atoms with Crippen LogP contribution >= 0.6 is 7.82 Å². The normalized spacial score (nSPS) is 15.9. The number of rotatable bonds is 9. The number of pyridine rings is 1. The number of phosphoric ester groups is 1. The van der Waals surface area contributed by atoms with Crippen molar-refractivity contribution in [1.82, 2.24) is 15.0 Å². The number of allylic oxidation sites excluding steroid dienone is 2. The molecule has 0 radical (unpaired) electrons. The third kappa shape index (κ3) is 6.38. The fourth-order valence-corrected chi connectivity index (χ4v) is 3.57. The van der Waals surface area contributed by atoms with Gasteiger partial charge < -0.3 is 29.7 Å². The van der Waals surface area contributed by atoms with Gasteiger partial charge in [-0.05, 0) is 23.8 Å². The Bertz CT molecular complexity index is 1310. The minimum absolute atomic E-state index is 0.164. The molecule has 184 valence electrons. The summed E-state index contributed by atoms with van der Waals surface area (Å²) in [5.74, 6) is -1.07. The highest BCUT2D eigenvalue weighted by atomic mass is 31.2. The molecule has 4 rings (SSSR count). The summed E-state index contributed by atoms with van der Waals surface area (Å²) in [6.07, 6.45) is 5.62. The molecule has 3 aromatic rings. The maximum atomic E-state index is 14.5. The number of benzene rings is 1. The lowest BCUT2D eigenvalue weighted by atomic mass is 10.1. The first-order valence-corrected chi connectivity index (χ1v) is 11.8. The molecule has 2 aromatic heterocycles. The highest BCUT2D eigenvalue weighted by molar-refractivity contribution is 7.46. The van der Waals surface area contributed by atoms with Crippen LogP contribution in [0.4, 0.5) is 8.78 Å². The molecule has 13 heteroatoms. The van der Waals surface area contributed by atoms with Crippen molar-refractivity contribution in [1.29, 1.82) is 0 Å². The van der Waals surface area contributed by atoms with Gasteiger partial charge in [-0.1, -0.05) is 29.4 Å². The van der Waals surface area contributed by atoms with E-state index >= 15 is 0 Å². The van der Waals surface area contributed by atoms with Gasteiger partial charge in [0.2, 0.25) is 0 Å².